The second-order valence-electron chi connectivity index (χ2n) is 5.09. The van der Waals surface area contributed by atoms with Crippen LogP contribution in [-0.4, -0.2) is 11.7 Å². The van der Waals surface area contributed by atoms with E-state index in [2.05, 4.69) is 17.4 Å². The van der Waals surface area contributed by atoms with E-state index in [1.54, 1.807) is 0 Å². The zero-order valence-electron chi connectivity index (χ0n) is 12.7. The molecule has 0 spiro atoms. The Morgan fingerprint density at radius 2 is 1.62 bits per heavy atom. The molecular formula is C18H23NO2. The summed E-state index contributed by atoms with van der Waals surface area (Å²) in [7, 11) is 0. The summed E-state index contributed by atoms with van der Waals surface area (Å²) in [6.45, 7) is 6.69. The van der Waals surface area contributed by atoms with Gasteiger partial charge in [-0.2, -0.15) is 0 Å². The third-order valence-corrected chi connectivity index (χ3v) is 3.53. The van der Waals surface area contributed by atoms with Crippen molar-refractivity contribution in [1.29, 1.82) is 0 Å². The summed E-state index contributed by atoms with van der Waals surface area (Å²) < 4.78 is 5.49. The minimum Gasteiger partial charge on any atom is -0.507 e. The molecule has 2 N–H and O–H groups in total. The van der Waals surface area contributed by atoms with E-state index in [-0.39, 0.29) is 0 Å². The summed E-state index contributed by atoms with van der Waals surface area (Å²) in [6.07, 6.45) is 0. The van der Waals surface area contributed by atoms with Crippen molar-refractivity contribution in [2.24, 2.45) is 0 Å². The first-order valence-corrected chi connectivity index (χ1v) is 7.35. The van der Waals surface area contributed by atoms with E-state index in [9.17, 15) is 5.11 Å². The molecule has 3 nitrogen and oxygen atoms in total. The molecule has 0 atom stereocenters. The molecule has 0 heterocycles. The van der Waals surface area contributed by atoms with Crippen molar-refractivity contribution >= 4 is 0 Å². The van der Waals surface area contributed by atoms with Crippen LogP contribution in [0.25, 0.3) is 0 Å². The number of aryl methyl sites for hydroxylation is 1. The predicted molar refractivity (Wildman–Crippen MR) is 85.2 cm³/mol. The molecule has 2 aromatic rings. The van der Waals surface area contributed by atoms with Crippen molar-refractivity contribution < 1.29 is 9.84 Å². The Balaban J connectivity index is 1.95. The molecule has 2 rings (SSSR count). The Morgan fingerprint density at radius 1 is 0.952 bits per heavy atom. The number of ether oxygens (including phenoxy) is 1. The van der Waals surface area contributed by atoms with Crippen LogP contribution in [0.5, 0.6) is 5.75 Å². The van der Waals surface area contributed by atoms with Crippen molar-refractivity contribution in [2.75, 3.05) is 6.61 Å². The second-order valence-corrected chi connectivity index (χ2v) is 5.09. The maximum Gasteiger partial charge on any atom is 0.122 e. The van der Waals surface area contributed by atoms with Crippen LogP contribution in [0.4, 0.5) is 0 Å². The van der Waals surface area contributed by atoms with Gasteiger partial charge in [-0.25, -0.2) is 0 Å². The van der Waals surface area contributed by atoms with E-state index < -0.39 is 0 Å². The van der Waals surface area contributed by atoms with Gasteiger partial charge in [0.25, 0.3) is 0 Å². The first-order valence-electron chi connectivity index (χ1n) is 7.35. The molecule has 0 radical (unpaired) electrons. The lowest BCUT2D eigenvalue weighted by molar-refractivity contribution is 0.133. The summed E-state index contributed by atoms with van der Waals surface area (Å²) in [4.78, 5) is 0. The van der Waals surface area contributed by atoms with Crippen LogP contribution >= 0.6 is 0 Å². The van der Waals surface area contributed by atoms with Crippen LogP contribution < -0.4 is 5.32 Å². The standard InChI is InChI=1S/C18H23NO2/c1-3-21-13-17-9-5-4-8-15(17)11-19-12-16-10-6-7-14(2)18(16)20/h4-10,19-20H,3,11-13H2,1-2H3. The van der Waals surface area contributed by atoms with Gasteiger partial charge < -0.3 is 15.2 Å². The number of phenols is 1. The van der Waals surface area contributed by atoms with Gasteiger partial charge in [-0.3, -0.25) is 0 Å². The number of rotatable bonds is 7. The minimum absolute atomic E-state index is 0.382. The van der Waals surface area contributed by atoms with Crippen LogP contribution in [0.2, 0.25) is 0 Å². The SMILES string of the molecule is CCOCc1ccccc1CNCc1cccc(C)c1O. The lowest BCUT2D eigenvalue weighted by Gasteiger charge is -2.12. The third-order valence-electron chi connectivity index (χ3n) is 3.53. The highest BCUT2D eigenvalue weighted by Crippen LogP contribution is 2.21. The van der Waals surface area contributed by atoms with Crippen LogP contribution in [0.3, 0.4) is 0 Å². The molecule has 112 valence electrons. The molecule has 0 saturated carbocycles. The Kier molecular flexibility index (Phi) is 5.78. The number of aromatic hydroxyl groups is 1. The summed E-state index contributed by atoms with van der Waals surface area (Å²) >= 11 is 0. The average Bonchev–Trinajstić information content (AvgIpc) is 2.50. The van der Waals surface area contributed by atoms with Crippen LogP contribution in [0.1, 0.15) is 29.2 Å². The van der Waals surface area contributed by atoms with Gasteiger partial charge in [0.05, 0.1) is 6.61 Å². The van der Waals surface area contributed by atoms with Crippen molar-refractivity contribution in [3.8, 4) is 5.75 Å². The van der Waals surface area contributed by atoms with E-state index >= 15 is 0 Å². The molecule has 21 heavy (non-hydrogen) atoms. The minimum atomic E-state index is 0.382. The fraction of sp³-hybridized carbons (Fsp3) is 0.333. The van der Waals surface area contributed by atoms with Gasteiger partial charge in [0.2, 0.25) is 0 Å². The molecule has 0 fully saturated rings. The fourth-order valence-corrected chi connectivity index (χ4v) is 2.28. The maximum atomic E-state index is 10.0. The number of hydrogen-bond donors (Lipinski definition) is 2. The Morgan fingerprint density at radius 3 is 2.38 bits per heavy atom. The zero-order valence-corrected chi connectivity index (χ0v) is 12.7. The highest BCUT2D eigenvalue weighted by Gasteiger charge is 2.05. The lowest BCUT2D eigenvalue weighted by atomic mass is 10.1. The van der Waals surface area contributed by atoms with Crippen molar-refractivity contribution in [3.63, 3.8) is 0 Å². The molecule has 0 aromatic heterocycles. The van der Waals surface area contributed by atoms with Gasteiger partial charge >= 0.3 is 0 Å². The molecule has 0 amide bonds. The van der Waals surface area contributed by atoms with E-state index in [1.807, 2.05) is 44.2 Å². The maximum absolute atomic E-state index is 10.0. The predicted octanol–water partition coefficient (Wildman–Crippen LogP) is 3.53. The normalized spacial score (nSPS) is 10.8. The zero-order chi connectivity index (χ0) is 15.1. The molecule has 0 unspecified atom stereocenters. The molecular weight excluding hydrogens is 262 g/mol. The van der Waals surface area contributed by atoms with E-state index in [1.165, 1.54) is 11.1 Å². The average molecular weight is 285 g/mol. The first kappa shape index (κ1) is 15.5. The molecule has 0 aliphatic rings. The first-order chi connectivity index (χ1) is 10.2. The largest absolute Gasteiger partial charge is 0.507 e. The summed E-state index contributed by atoms with van der Waals surface area (Å²) in [5.41, 5.74) is 4.28. The van der Waals surface area contributed by atoms with Gasteiger partial charge in [0.15, 0.2) is 0 Å². The third kappa shape index (κ3) is 4.31. The molecule has 0 aliphatic carbocycles. The number of benzene rings is 2. The monoisotopic (exact) mass is 285 g/mol. The molecule has 0 bridgehead atoms. The summed E-state index contributed by atoms with van der Waals surface area (Å²) in [5, 5.41) is 13.4. The van der Waals surface area contributed by atoms with Gasteiger partial charge in [0, 0.05) is 25.3 Å². The van der Waals surface area contributed by atoms with Crippen LogP contribution in [0, 0.1) is 6.92 Å². The molecule has 2 aromatic carbocycles. The van der Waals surface area contributed by atoms with Crippen LogP contribution in [0.15, 0.2) is 42.5 Å². The highest BCUT2D eigenvalue weighted by molar-refractivity contribution is 5.39. The lowest BCUT2D eigenvalue weighted by Crippen LogP contribution is -2.14. The van der Waals surface area contributed by atoms with Crippen LogP contribution in [-0.2, 0) is 24.4 Å². The molecule has 0 aliphatic heterocycles. The Bertz CT molecular complexity index is 581. The topological polar surface area (TPSA) is 41.5 Å². The summed E-state index contributed by atoms with van der Waals surface area (Å²) in [6, 6.07) is 14.1. The second kappa shape index (κ2) is 7.81. The summed E-state index contributed by atoms with van der Waals surface area (Å²) in [5.74, 6) is 0.382. The van der Waals surface area contributed by atoms with Gasteiger partial charge in [0.1, 0.15) is 5.75 Å². The van der Waals surface area contributed by atoms with Crippen molar-refractivity contribution in [2.45, 2.75) is 33.5 Å². The van der Waals surface area contributed by atoms with E-state index in [0.717, 1.165) is 24.3 Å². The van der Waals surface area contributed by atoms with Gasteiger partial charge in [-0.05, 0) is 30.5 Å². The Hall–Kier alpha value is -1.84. The quantitative estimate of drug-likeness (QED) is 0.817. The smallest absolute Gasteiger partial charge is 0.122 e. The fourth-order valence-electron chi connectivity index (χ4n) is 2.28. The number of hydrogen-bond acceptors (Lipinski definition) is 3. The number of para-hydroxylation sites is 1. The van der Waals surface area contributed by atoms with Crippen molar-refractivity contribution in [3.05, 3.63) is 64.7 Å². The number of phenolic OH excluding ortho intramolecular Hbond substituents is 1. The Labute approximate surface area is 126 Å². The van der Waals surface area contributed by atoms with Crippen molar-refractivity contribution in [1.82, 2.24) is 5.32 Å². The van der Waals surface area contributed by atoms with E-state index in [0.29, 0.717) is 18.9 Å². The van der Waals surface area contributed by atoms with E-state index in [4.69, 9.17) is 4.74 Å². The molecule has 3 heteroatoms. The number of nitrogens with one attached hydrogen (secondary N) is 1. The molecule has 0 saturated heterocycles. The highest BCUT2D eigenvalue weighted by atomic mass is 16.5. The van der Waals surface area contributed by atoms with Gasteiger partial charge in [-0.15, -0.1) is 0 Å². The van der Waals surface area contributed by atoms with Gasteiger partial charge in [-0.1, -0.05) is 42.5 Å².